The Hall–Kier alpha value is -0.0500. The number of benzene rings is 1. The molecule has 16 heavy (non-hydrogen) atoms. The van der Waals surface area contributed by atoms with E-state index in [2.05, 4.69) is 15.9 Å². The minimum absolute atomic E-state index is 0.193. The molecule has 1 rings (SSSR count). The minimum atomic E-state index is -0.204. The highest BCUT2D eigenvalue weighted by Crippen LogP contribution is 2.27. The van der Waals surface area contributed by atoms with Crippen LogP contribution in [0.5, 0.6) is 0 Å². The van der Waals surface area contributed by atoms with E-state index < -0.39 is 0 Å². The van der Waals surface area contributed by atoms with Crippen LogP contribution < -0.4 is 0 Å². The predicted octanol–water partition coefficient (Wildman–Crippen LogP) is 4.67. The first kappa shape index (κ1) is 14.0. The fourth-order valence-corrected chi connectivity index (χ4v) is 2.53. The molecule has 0 saturated heterocycles. The second-order valence-electron chi connectivity index (χ2n) is 3.59. The quantitative estimate of drug-likeness (QED) is 0.720. The molecule has 0 N–H and O–H groups in total. The molecule has 0 spiro atoms. The molecule has 0 saturated carbocycles. The van der Waals surface area contributed by atoms with Crippen molar-refractivity contribution in [2.75, 3.05) is 0 Å². The highest BCUT2D eigenvalue weighted by Gasteiger charge is 2.17. The zero-order valence-corrected chi connectivity index (χ0v) is 12.1. The highest BCUT2D eigenvalue weighted by atomic mass is 79.9. The lowest BCUT2D eigenvalue weighted by atomic mass is 10.1. The smallest absolute Gasteiger partial charge is 0.146 e. The van der Waals surface area contributed by atoms with Gasteiger partial charge < -0.3 is 0 Å². The summed E-state index contributed by atoms with van der Waals surface area (Å²) in [5.41, 5.74) is 0.831. The summed E-state index contributed by atoms with van der Waals surface area (Å²) in [4.78, 5) is 11.4. The molecule has 1 atom stereocenters. The van der Waals surface area contributed by atoms with Crippen LogP contribution >= 0.6 is 39.1 Å². The van der Waals surface area contributed by atoms with Gasteiger partial charge in [0.05, 0.1) is 4.83 Å². The third kappa shape index (κ3) is 3.76. The Balaban J connectivity index is 2.76. The van der Waals surface area contributed by atoms with Crippen molar-refractivity contribution in [2.24, 2.45) is 0 Å². The Morgan fingerprint density at radius 2 is 1.94 bits per heavy atom. The van der Waals surface area contributed by atoms with Crippen LogP contribution in [0.3, 0.4) is 0 Å². The lowest BCUT2D eigenvalue weighted by Gasteiger charge is -2.11. The molecule has 1 aromatic carbocycles. The summed E-state index contributed by atoms with van der Waals surface area (Å²) in [5.74, 6) is 0.193. The van der Waals surface area contributed by atoms with Gasteiger partial charge in [0, 0.05) is 16.5 Å². The maximum Gasteiger partial charge on any atom is 0.146 e. The molecule has 0 heterocycles. The summed E-state index contributed by atoms with van der Waals surface area (Å²) in [6.45, 7) is 1.99. The largest absolute Gasteiger partial charge is 0.298 e. The second kappa shape index (κ2) is 6.63. The Morgan fingerprint density at radius 3 is 2.44 bits per heavy atom. The molecular formula is C12H13BrCl2O. The molecule has 0 radical (unpaired) electrons. The topological polar surface area (TPSA) is 17.1 Å². The first-order valence-corrected chi connectivity index (χ1v) is 6.83. The zero-order valence-electron chi connectivity index (χ0n) is 8.97. The molecule has 0 aliphatic carbocycles. The van der Waals surface area contributed by atoms with E-state index in [1.54, 1.807) is 18.2 Å². The number of carbonyl (C=O) groups excluding carboxylic acids is 1. The Kier molecular flexibility index (Phi) is 5.81. The van der Waals surface area contributed by atoms with Gasteiger partial charge in [-0.25, -0.2) is 0 Å². The summed E-state index contributed by atoms with van der Waals surface area (Å²) >= 11 is 15.5. The summed E-state index contributed by atoms with van der Waals surface area (Å²) in [5, 5.41) is 1.22. The number of ketones is 1. The van der Waals surface area contributed by atoms with Gasteiger partial charge in [-0.2, -0.15) is 0 Å². The number of hydrogen-bond donors (Lipinski definition) is 0. The normalized spacial score (nSPS) is 12.5. The molecule has 1 aromatic rings. The first-order valence-electron chi connectivity index (χ1n) is 5.16. The maximum absolute atomic E-state index is 11.6. The number of alkyl halides is 1. The molecule has 0 aliphatic rings. The fraction of sp³-hybridized carbons (Fsp3) is 0.417. The summed E-state index contributed by atoms with van der Waals surface area (Å²) in [6.07, 6.45) is 1.98. The molecule has 0 fully saturated rings. The number of hydrogen-bond acceptors (Lipinski definition) is 1. The molecule has 1 unspecified atom stereocenters. The minimum Gasteiger partial charge on any atom is -0.298 e. The van der Waals surface area contributed by atoms with Gasteiger partial charge in [-0.1, -0.05) is 52.1 Å². The van der Waals surface area contributed by atoms with E-state index in [-0.39, 0.29) is 10.6 Å². The van der Waals surface area contributed by atoms with E-state index in [1.165, 1.54) is 0 Å². The molecule has 4 heteroatoms. The molecule has 0 bridgehead atoms. The summed E-state index contributed by atoms with van der Waals surface area (Å²) in [6, 6.07) is 5.37. The van der Waals surface area contributed by atoms with Gasteiger partial charge >= 0.3 is 0 Å². The Morgan fingerprint density at radius 1 is 1.38 bits per heavy atom. The Labute approximate surface area is 114 Å². The third-order valence-electron chi connectivity index (χ3n) is 2.29. The number of rotatable bonds is 5. The predicted molar refractivity (Wildman–Crippen MR) is 72.8 cm³/mol. The van der Waals surface area contributed by atoms with Crippen molar-refractivity contribution in [3.05, 3.63) is 33.8 Å². The van der Waals surface area contributed by atoms with Gasteiger partial charge in [0.2, 0.25) is 0 Å². The maximum atomic E-state index is 11.6. The van der Waals surface area contributed by atoms with Crippen LogP contribution in [-0.2, 0) is 11.2 Å². The molecule has 0 aliphatic heterocycles. The van der Waals surface area contributed by atoms with Crippen LogP contribution in [0.1, 0.15) is 25.3 Å². The van der Waals surface area contributed by atoms with Crippen LogP contribution in [0.25, 0.3) is 0 Å². The van der Waals surface area contributed by atoms with Crippen molar-refractivity contribution in [1.82, 2.24) is 0 Å². The average molecular weight is 324 g/mol. The van der Waals surface area contributed by atoms with Crippen LogP contribution in [0, 0.1) is 0 Å². The molecule has 0 amide bonds. The van der Waals surface area contributed by atoms with Gasteiger partial charge in [-0.15, -0.1) is 0 Å². The standard InChI is InChI=1S/C12H13BrCl2O/c1-2-4-12(16)9(13)7-8-10(14)5-3-6-11(8)15/h3,5-6,9H,2,4,7H2,1H3. The van der Waals surface area contributed by atoms with E-state index in [4.69, 9.17) is 23.2 Å². The van der Waals surface area contributed by atoms with Gasteiger partial charge in [0.1, 0.15) is 5.78 Å². The van der Waals surface area contributed by atoms with Crippen molar-refractivity contribution >= 4 is 44.9 Å². The third-order valence-corrected chi connectivity index (χ3v) is 3.83. The monoisotopic (exact) mass is 322 g/mol. The molecule has 1 nitrogen and oxygen atoms in total. The first-order chi connectivity index (χ1) is 7.56. The van der Waals surface area contributed by atoms with E-state index in [0.29, 0.717) is 22.9 Å². The molecule has 0 aromatic heterocycles. The van der Waals surface area contributed by atoms with Crippen LogP contribution in [0.15, 0.2) is 18.2 Å². The van der Waals surface area contributed by atoms with Crippen molar-refractivity contribution in [1.29, 1.82) is 0 Å². The van der Waals surface area contributed by atoms with Crippen molar-refractivity contribution < 1.29 is 4.79 Å². The number of Topliss-reactive ketones (excluding diaryl/α,β-unsaturated/α-hetero) is 1. The van der Waals surface area contributed by atoms with Crippen LogP contribution in [0.2, 0.25) is 10.0 Å². The SMILES string of the molecule is CCCC(=O)C(Br)Cc1c(Cl)cccc1Cl. The molecule has 88 valence electrons. The highest BCUT2D eigenvalue weighted by molar-refractivity contribution is 9.10. The Bertz CT molecular complexity index is 359. The number of carbonyl (C=O) groups is 1. The average Bonchev–Trinajstić information content (AvgIpc) is 2.23. The van der Waals surface area contributed by atoms with Gasteiger partial charge in [0.15, 0.2) is 0 Å². The second-order valence-corrected chi connectivity index (χ2v) is 5.51. The van der Waals surface area contributed by atoms with Crippen molar-refractivity contribution in [2.45, 2.75) is 31.0 Å². The van der Waals surface area contributed by atoms with E-state index in [0.717, 1.165) is 12.0 Å². The van der Waals surface area contributed by atoms with Crippen LogP contribution in [-0.4, -0.2) is 10.6 Å². The van der Waals surface area contributed by atoms with E-state index in [1.807, 2.05) is 6.92 Å². The number of halogens is 3. The van der Waals surface area contributed by atoms with E-state index in [9.17, 15) is 4.79 Å². The fourth-order valence-electron chi connectivity index (χ4n) is 1.42. The van der Waals surface area contributed by atoms with E-state index >= 15 is 0 Å². The summed E-state index contributed by atoms with van der Waals surface area (Å²) in [7, 11) is 0. The molecular weight excluding hydrogens is 311 g/mol. The van der Waals surface area contributed by atoms with Gasteiger partial charge in [0.25, 0.3) is 0 Å². The van der Waals surface area contributed by atoms with Crippen LogP contribution in [0.4, 0.5) is 0 Å². The zero-order chi connectivity index (χ0) is 12.1. The lowest BCUT2D eigenvalue weighted by molar-refractivity contribution is -0.118. The summed E-state index contributed by atoms with van der Waals surface area (Å²) < 4.78 is 0. The van der Waals surface area contributed by atoms with Gasteiger partial charge in [-0.05, 0) is 30.5 Å². The van der Waals surface area contributed by atoms with Crippen molar-refractivity contribution in [3.63, 3.8) is 0 Å². The van der Waals surface area contributed by atoms with Crippen molar-refractivity contribution in [3.8, 4) is 0 Å². The lowest BCUT2D eigenvalue weighted by Crippen LogP contribution is -2.16. The van der Waals surface area contributed by atoms with Gasteiger partial charge in [-0.3, -0.25) is 4.79 Å².